The van der Waals surface area contributed by atoms with Crippen molar-refractivity contribution in [2.24, 2.45) is 0 Å². The maximum absolute atomic E-state index is 12.3. The highest BCUT2D eigenvalue weighted by molar-refractivity contribution is 5.89. The van der Waals surface area contributed by atoms with Gasteiger partial charge < -0.3 is 9.47 Å². The maximum Gasteiger partial charge on any atom is 0.331 e. The predicted molar refractivity (Wildman–Crippen MR) is 121 cm³/mol. The summed E-state index contributed by atoms with van der Waals surface area (Å²) in [7, 11) is 0. The Labute approximate surface area is 181 Å². The van der Waals surface area contributed by atoms with E-state index in [2.05, 4.69) is 4.98 Å². The molecule has 31 heavy (non-hydrogen) atoms. The zero-order valence-electron chi connectivity index (χ0n) is 16.8. The van der Waals surface area contributed by atoms with Crippen molar-refractivity contribution in [1.82, 2.24) is 4.98 Å². The number of hydrogen-bond acceptors (Lipinski definition) is 4. The lowest BCUT2D eigenvalue weighted by molar-refractivity contribution is -0.138. The minimum atomic E-state index is -0.404. The van der Waals surface area contributed by atoms with Crippen molar-refractivity contribution in [3.8, 4) is 22.6 Å². The van der Waals surface area contributed by atoms with Crippen molar-refractivity contribution in [2.45, 2.75) is 6.61 Å². The fraction of sp³-hybridized carbons (Fsp3) is 0.0370. The van der Waals surface area contributed by atoms with Crippen molar-refractivity contribution in [1.29, 1.82) is 0 Å². The van der Waals surface area contributed by atoms with Crippen LogP contribution in [0.15, 0.2) is 109 Å². The lowest BCUT2D eigenvalue weighted by atomic mass is 10.0. The monoisotopic (exact) mass is 407 g/mol. The van der Waals surface area contributed by atoms with E-state index in [4.69, 9.17) is 9.47 Å². The van der Waals surface area contributed by atoms with Crippen LogP contribution in [0.1, 0.15) is 11.1 Å². The number of esters is 1. The molecular formula is C27H21NO3. The summed E-state index contributed by atoms with van der Waals surface area (Å²) in [5, 5.41) is 0. The first-order valence-electron chi connectivity index (χ1n) is 9.94. The van der Waals surface area contributed by atoms with Crippen molar-refractivity contribution < 1.29 is 14.3 Å². The van der Waals surface area contributed by atoms with E-state index in [9.17, 15) is 4.79 Å². The number of pyridine rings is 1. The van der Waals surface area contributed by atoms with Crippen LogP contribution < -0.4 is 4.74 Å². The topological polar surface area (TPSA) is 48.4 Å². The third-order valence-electron chi connectivity index (χ3n) is 4.61. The quantitative estimate of drug-likeness (QED) is 0.267. The number of carbonyl (C=O) groups is 1. The Kier molecular flexibility index (Phi) is 6.51. The van der Waals surface area contributed by atoms with Crippen LogP contribution in [0, 0.1) is 0 Å². The van der Waals surface area contributed by atoms with Crippen LogP contribution >= 0.6 is 0 Å². The van der Waals surface area contributed by atoms with E-state index in [1.807, 2.05) is 91.0 Å². The largest absolute Gasteiger partial charge is 0.458 e. The molecule has 0 saturated heterocycles. The van der Waals surface area contributed by atoms with Gasteiger partial charge in [0, 0.05) is 18.5 Å². The molecule has 0 fully saturated rings. The van der Waals surface area contributed by atoms with E-state index in [0.29, 0.717) is 5.75 Å². The van der Waals surface area contributed by atoms with Crippen molar-refractivity contribution in [3.05, 3.63) is 121 Å². The van der Waals surface area contributed by atoms with Gasteiger partial charge in [-0.05, 0) is 64.7 Å². The van der Waals surface area contributed by atoms with E-state index in [-0.39, 0.29) is 6.61 Å². The van der Waals surface area contributed by atoms with Crippen LogP contribution in [-0.2, 0) is 16.1 Å². The van der Waals surface area contributed by atoms with E-state index in [1.165, 1.54) is 6.08 Å². The highest BCUT2D eigenvalue weighted by Crippen LogP contribution is 2.24. The molecule has 0 aliphatic carbocycles. The summed E-state index contributed by atoms with van der Waals surface area (Å²) in [6.45, 7) is 0.168. The standard InChI is InChI=1S/C27H21NO3/c29-27(14-13-22-8-4-5-12-26(22)23-15-17-28-18-16-23)30-20-21-7-6-11-25(19-21)31-24-9-2-1-3-10-24/h1-19H,20H2/b14-13+. The minimum absolute atomic E-state index is 0.168. The zero-order chi connectivity index (χ0) is 21.3. The first kappa shape index (κ1) is 20.1. The van der Waals surface area contributed by atoms with Crippen LogP contribution in [0.25, 0.3) is 17.2 Å². The van der Waals surface area contributed by atoms with Crippen molar-refractivity contribution in [2.75, 3.05) is 0 Å². The number of ether oxygens (including phenoxy) is 2. The molecule has 0 aliphatic heterocycles. The van der Waals surface area contributed by atoms with Gasteiger partial charge in [-0.1, -0.05) is 54.6 Å². The van der Waals surface area contributed by atoms with Gasteiger partial charge in [-0.15, -0.1) is 0 Å². The van der Waals surface area contributed by atoms with Gasteiger partial charge in [0.1, 0.15) is 18.1 Å². The first-order chi connectivity index (χ1) is 15.3. The Morgan fingerprint density at radius 3 is 2.39 bits per heavy atom. The number of hydrogen-bond donors (Lipinski definition) is 0. The summed E-state index contributed by atoms with van der Waals surface area (Å²) in [6.07, 6.45) is 6.72. The highest BCUT2D eigenvalue weighted by atomic mass is 16.5. The maximum atomic E-state index is 12.3. The number of para-hydroxylation sites is 1. The van der Waals surface area contributed by atoms with Crippen LogP contribution in [0.5, 0.6) is 11.5 Å². The molecule has 0 unspecified atom stereocenters. The lowest BCUT2D eigenvalue weighted by Gasteiger charge is -2.08. The average Bonchev–Trinajstić information content (AvgIpc) is 2.83. The molecule has 3 aromatic carbocycles. The first-order valence-corrected chi connectivity index (χ1v) is 9.94. The van der Waals surface area contributed by atoms with Gasteiger partial charge in [0.2, 0.25) is 0 Å². The molecule has 4 aromatic rings. The predicted octanol–water partition coefficient (Wildman–Crippen LogP) is 6.30. The van der Waals surface area contributed by atoms with E-state index in [1.54, 1.807) is 18.5 Å². The van der Waals surface area contributed by atoms with E-state index in [0.717, 1.165) is 28.0 Å². The molecule has 1 aromatic heterocycles. The lowest BCUT2D eigenvalue weighted by Crippen LogP contribution is -2.01. The zero-order valence-corrected chi connectivity index (χ0v) is 16.8. The summed E-state index contributed by atoms with van der Waals surface area (Å²) >= 11 is 0. The van der Waals surface area contributed by atoms with Crippen LogP contribution in [0.2, 0.25) is 0 Å². The Morgan fingerprint density at radius 2 is 1.55 bits per heavy atom. The number of benzene rings is 3. The van der Waals surface area contributed by atoms with Gasteiger partial charge in [0.25, 0.3) is 0 Å². The Balaban J connectivity index is 1.38. The smallest absolute Gasteiger partial charge is 0.331 e. The molecule has 4 heteroatoms. The Morgan fingerprint density at radius 1 is 0.806 bits per heavy atom. The van der Waals surface area contributed by atoms with E-state index < -0.39 is 5.97 Å². The van der Waals surface area contributed by atoms with Gasteiger partial charge in [0.15, 0.2) is 0 Å². The van der Waals surface area contributed by atoms with Gasteiger partial charge in [-0.3, -0.25) is 4.98 Å². The molecule has 0 saturated carbocycles. The molecule has 0 bridgehead atoms. The number of aromatic nitrogens is 1. The van der Waals surface area contributed by atoms with Gasteiger partial charge in [-0.2, -0.15) is 0 Å². The molecule has 4 rings (SSSR count). The molecular weight excluding hydrogens is 386 g/mol. The van der Waals surface area contributed by atoms with Crippen LogP contribution in [0.3, 0.4) is 0 Å². The normalized spacial score (nSPS) is 10.7. The molecule has 0 amide bonds. The van der Waals surface area contributed by atoms with Gasteiger partial charge in [-0.25, -0.2) is 4.79 Å². The average molecular weight is 407 g/mol. The van der Waals surface area contributed by atoms with Crippen LogP contribution in [-0.4, -0.2) is 11.0 Å². The fourth-order valence-corrected chi connectivity index (χ4v) is 3.12. The summed E-state index contributed by atoms with van der Waals surface area (Å²) < 4.78 is 11.2. The van der Waals surface area contributed by atoms with Crippen molar-refractivity contribution >= 4 is 12.0 Å². The summed E-state index contributed by atoms with van der Waals surface area (Å²) in [4.78, 5) is 16.3. The highest BCUT2D eigenvalue weighted by Gasteiger charge is 2.05. The van der Waals surface area contributed by atoms with Gasteiger partial charge >= 0.3 is 5.97 Å². The second-order valence-electron chi connectivity index (χ2n) is 6.83. The molecule has 4 nitrogen and oxygen atoms in total. The number of carbonyl (C=O) groups excluding carboxylic acids is 1. The summed E-state index contributed by atoms with van der Waals surface area (Å²) in [5.41, 5.74) is 3.86. The second kappa shape index (κ2) is 10.0. The molecule has 0 atom stereocenters. The number of nitrogens with zero attached hydrogens (tertiary/aromatic N) is 1. The van der Waals surface area contributed by atoms with E-state index >= 15 is 0 Å². The van der Waals surface area contributed by atoms with Crippen LogP contribution in [0.4, 0.5) is 0 Å². The molecule has 152 valence electrons. The third kappa shape index (κ3) is 5.67. The molecule has 1 heterocycles. The molecule has 0 spiro atoms. The third-order valence-corrected chi connectivity index (χ3v) is 4.61. The Bertz CT molecular complexity index is 1170. The summed E-state index contributed by atoms with van der Waals surface area (Å²) in [6, 6.07) is 28.8. The minimum Gasteiger partial charge on any atom is -0.458 e. The number of rotatable bonds is 7. The Hall–Kier alpha value is -4.18. The summed E-state index contributed by atoms with van der Waals surface area (Å²) in [5.74, 6) is 1.05. The SMILES string of the molecule is O=C(/C=C/c1ccccc1-c1ccncc1)OCc1cccc(Oc2ccccc2)c1. The van der Waals surface area contributed by atoms with Gasteiger partial charge in [0.05, 0.1) is 0 Å². The molecule has 0 radical (unpaired) electrons. The van der Waals surface area contributed by atoms with Crippen molar-refractivity contribution in [3.63, 3.8) is 0 Å². The molecule has 0 N–H and O–H groups in total. The molecule has 0 aliphatic rings. The fourth-order valence-electron chi connectivity index (χ4n) is 3.12. The second-order valence-corrected chi connectivity index (χ2v) is 6.83.